The molecule has 4 aromatic rings. The van der Waals surface area contributed by atoms with E-state index >= 15 is 0 Å². The SMILES string of the molecule is Cc1sc(-c2ccco2)nc1C(=O)Nc1nc2ccc(S(C)(=O)=O)cc2s1. The van der Waals surface area contributed by atoms with Gasteiger partial charge in [-0.1, -0.05) is 11.3 Å². The van der Waals surface area contributed by atoms with E-state index in [2.05, 4.69) is 15.3 Å². The Morgan fingerprint density at radius 3 is 2.70 bits per heavy atom. The number of amides is 1. The van der Waals surface area contributed by atoms with Crippen LogP contribution >= 0.6 is 22.7 Å². The van der Waals surface area contributed by atoms with Gasteiger partial charge in [0.1, 0.15) is 5.69 Å². The number of anilines is 1. The number of furan rings is 1. The Labute approximate surface area is 162 Å². The van der Waals surface area contributed by atoms with Crippen molar-refractivity contribution in [3.63, 3.8) is 0 Å². The highest BCUT2D eigenvalue weighted by Gasteiger charge is 2.19. The van der Waals surface area contributed by atoms with Gasteiger partial charge in [0.15, 0.2) is 25.7 Å². The average Bonchev–Trinajstić information content (AvgIpc) is 3.31. The number of carbonyl (C=O) groups excluding carboxylic acids is 1. The summed E-state index contributed by atoms with van der Waals surface area (Å²) >= 11 is 2.58. The number of rotatable bonds is 4. The first-order valence-electron chi connectivity index (χ1n) is 7.74. The highest BCUT2D eigenvalue weighted by atomic mass is 32.2. The molecule has 1 N–H and O–H groups in total. The van der Waals surface area contributed by atoms with Crippen LogP contribution in [0.25, 0.3) is 21.0 Å². The fraction of sp³-hybridized carbons (Fsp3) is 0.118. The van der Waals surface area contributed by atoms with E-state index in [9.17, 15) is 13.2 Å². The topological polar surface area (TPSA) is 102 Å². The second-order valence-electron chi connectivity index (χ2n) is 5.78. The quantitative estimate of drug-likeness (QED) is 0.537. The van der Waals surface area contributed by atoms with Crippen LogP contribution in [0.4, 0.5) is 5.13 Å². The summed E-state index contributed by atoms with van der Waals surface area (Å²) in [4.78, 5) is 22.3. The van der Waals surface area contributed by atoms with E-state index in [4.69, 9.17) is 4.42 Å². The second kappa shape index (κ2) is 6.55. The van der Waals surface area contributed by atoms with Gasteiger partial charge >= 0.3 is 0 Å². The maximum Gasteiger partial charge on any atom is 0.277 e. The molecule has 0 aliphatic rings. The molecule has 0 fully saturated rings. The third-order valence-corrected chi connectivity index (χ3v) is 6.78. The number of carbonyl (C=O) groups is 1. The number of aromatic nitrogens is 2. The Bertz CT molecular complexity index is 1250. The zero-order valence-electron chi connectivity index (χ0n) is 14.2. The molecule has 27 heavy (non-hydrogen) atoms. The number of aryl methyl sites for hydroxylation is 1. The number of fused-ring (bicyclic) bond motifs is 1. The smallest absolute Gasteiger partial charge is 0.277 e. The van der Waals surface area contributed by atoms with Crippen LogP contribution < -0.4 is 5.32 Å². The van der Waals surface area contributed by atoms with Gasteiger partial charge in [0.25, 0.3) is 5.91 Å². The number of thiazole rings is 2. The molecule has 10 heteroatoms. The summed E-state index contributed by atoms with van der Waals surface area (Å²) in [6.07, 6.45) is 2.71. The van der Waals surface area contributed by atoms with Crippen molar-refractivity contribution >= 4 is 53.8 Å². The van der Waals surface area contributed by atoms with Gasteiger partial charge in [0, 0.05) is 11.1 Å². The summed E-state index contributed by atoms with van der Waals surface area (Å²) in [6, 6.07) is 8.23. The van der Waals surface area contributed by atoms with E-state index in [0.29, 0.717) is 31.8 Å². The van der Waals surface area contributed by atoms with Crippen LogP contribution in [-0.4, -0.2) is 30.5 Å². The Kier molecular flexibility index (Phi) is 4.33. The van der Waals surface area contributed by atoms with Gasteiger partial charge in [0.05, 0.1) is 21.4 Å². The molecular weight excluding hydrogens is 406 g/mol. The minimum absolute atomic E-state index is 0.218. The van der Waals surface area contributed by atoms with E-state index in [1.807, 2.05) is 6.92 Å². The van der Waals surface area contributed by atoms with Gasteiger partial charge in [-0.25, -0.2) is 18.4 Å². The van der Waals surface area contributed by atoms with Crippen molar-refractivity contribution in [2.75, 3.05) is 11.6 Å². The van der Waals surface area contributed by atoms with Crippen LogP contribution in [0, 0.1) is 6.92 Å². The first-order chi connectivity index (χ1) is 12.8. The predicted molar refractivity (Wildman–Crippen MR) is 105 cm³/mol. The molecular formula is C17H13N3O4S3. The predicted octanol–water partition coefficient (Wildman–Crippen LogP) is 3.98. The van der Waals surface area contributed by atoms with Gasteiger partial charge in [0.2, 0.25) is 0 Å². The fourth-order valence-electron chi connectivity index (χ4n) is 2.46. The summed E-state index contributed by atoms with van der Waals surface area (Å²) in [5.41, 5.74) is 0.927. The maximum atomic E-state index is 12.6. The minimum atomic E-state index is -3.30. The van der Waals surface area contributed by atoms with Crippen LogP contribution in [0.3, 0.4) is 0 Å². The zero-order valence-corrected chi connectivity index (χ0v) is 16.7. The van der Waals surface area contributed by atoms with Crippen LogP contribution in [0.2, 0.25) is 0 Å². The van der Waals surface area contributed by atoms with E-state index < -0.39 is 9.84 Å². The van der Waals surface area contributed by atoms with Crippen LogP contribution in [0.1, 0.15) is 15.4 Å². The maximum absolute atomic E-state index is 12.6. The standard InChI is InChI=1S/C17H13N3O4S3/c1-9-14(19-16(25-9)12-4-3-7-24-12)15(21)20-17-18-11-6-5-10(27(2,22)23)8-13(11)26-17/h3-8H,1-2H3,(H,18,20,21). The summed E-state index contributed by atoms with van der Waals surface area (Å²) < 4.78 is 29.4. The third-order valence-electron chi connectivity index (χ3n) is 3.75. The number of nitrogens with zero attached hydrogens (tertiary/aromatic N) is 2. The van der Waals surface area contributed by atoms with Crippen LogP contribution in [-0.2, 0) is 9.84 Å². The van der Waals surface area contributed by atoms with Gasteiger partial charge < -0.3 is 4.42 Å². The van der Waals surface area contributed by atoms with Gasteiger partial charge in [-0.2, -0.15) is 0 Å². The molecule has 0 aliphatic heterocycles. The Balaban J connectivity index is 1.61. The van der Waals surface area contributed by atoms with Crippen molar-refractivity contribution in [2.45, 2.75) is 11.8 Å². The van der Waals surface area contributed by atoms with Crippen LogP contribution in [0.15, 0.2) is 45.9 Å². The molecule has 0 bridgehead atoms. The average molecular weight is 420 g/mol. The highest BCUT2D eigenvalue weighted by Crippen LogP contribution is 2.31. The number of nitrogens with one attached hydrogen (secondary N) is 1. The zero-order chi connectivity index (χ0) is 19.2. The van der Waals surface area contributed by atoms with E-state index in [0.717, 1.165) is 11.1 Å². The molecule has 0 unspecified atom stereocenters. The summed E-state index contributed by atoms with van der Waals surface area (Å²) in [5.74, 6) is 0.236. The number of sulfone groups is 1. The molecule has 4 rings (SSSR count). The number of benzene rings is 1. The largest absolute Gasteiger partial charge is 0.462 e. The number of hydrogen-bond donors (Lipinski definition) is 1. The molecule has 0 radical (unpaired) electrons. The molecule has 0 aliphatic carbocycles. The normalized spacial score (nSPS) is 11.8. The van der Waals surface area contributed by atoms with E-state index in [-0.39, 0.29) is 10.8 Å². The molecule has 1 aromatic carbocycles. The third kappa shape index (κ3) is 3.51. The van der Waals surface area contributed by atoms with Crippen molar-refractivity contribution in [3.05, 3.63) is 47.2 Å². The molecule has 0 saturated carbocycles. The molecule has 7 nitrogen and oxygen atoms in total. The molecule has 3 heterocycles. The molecule has 0 spiro atoms. The Morgan fingerprint density at radius 1 is 1.19 bits per heavy atom. The lowest BCUT2D eigenvalue weighted by atomic mass is 10.3. The lowest BCUT2D eigenvalue weighted by Crippen LogP contribution is -2.13. The van der Waals surface area contributed by atoms with Crippen molar-refractivity contribution in [1.29, 1.82) is 0 Å². The lowest BCUT2D eigenvalue weighted by molar-refractivity contribution is 0.102. The Hall–Kier alpha value is -2.56. The number of hydrogen-bond acceptors (Lipinski definition) is 8. The first kappa shape index (κ1) is 17.8. The van der Waals surface area contributed by atoms with E-state index in [1.54, 1.807) is 30.5 Å². The van der Waals surface area contributed by atoms with Crippen molar-refractivity contribution in [3.8, 4) is 10.8 Å². The lowest BCUT2D eigenvalue weighted by Gasteiger charge is -1.98. The van der Waals surface area contributed by atoms with Crippen molar-refractivity contribution < 1.29 is 17.6 Å². The Morgan fingerprint density at radius 2 is 2.00 bits per heavy atom. The molecule has 1 amide bonds. The van der Waals surface area contributed by atoms with E-state index in [1.165, 1.54) is 28.7 Å². The van der Waals surface area contributed by atoms with Crippen LogP contribution in [0.5, 0.6) is 0 Å². The highest BCUT2D eigenvalue weighted by molar-refractivity contribution is 7.90. The van der Waals surface area contributed by atoms with Gasteiger partial charge in [-0.3, -0.25) is 10.1 Å². The molecule has 138 valence electrons. The minimum Gasteiger partial charge on any atom is -0.462 e. The van der Waals surface area contributed by atoms with Crippen molar-refractivity contribution in [2.24, 2.45) is 0 Å². The molecule has 0 saturated heterocycles. The second-order valence-corrected chi connectivity index (χ2v) is 10.0. The summed E-state index contributed by atoms with van der Waals surface area (Å²) in [5, 5.41) is 3.75. The van der Waals surface area contributed by atoms with Gasteiger partial charge in [-0.05, 0) is 37.3 Å². The van der Waals surface area contributed by atoms with Gasteiger partial charge in [-0.15, -0.1) is 11.3 Å². The molecule has 0 atom stereocenters. The van der Waals surface area contributed by atoms with Crippen molar-refractivity contribution in [1.82, 2.24) is 9.97 Å². The molecule has 3 aromatic heterocycles. The monoisotopic (exact) mass is 419 g/mol. The summed E-state index contributed by atoms with van der Waals surface area (Å²) in [6.45, 7) is 1.82. The first-order valence-corrected chi connectivity index (χ1v) is 11.3. The fourth-order valence-corrected chi connectivity index (χ4v) is 4.96. The summed E-state index contributed by atoms with van der Waals surface area (Å²) in [7, 11) is -3.30.